The van der Waals surface area contributed by atoms with Crippen LogP contribution in [0.5, 0.6) is 5.75 Å². The molecule has 2 aromatic rings. The summed E-state index contributed by atoms with van der Waals surface area (Å²) in [5.41, 5.74) is 1.86. The van der Waals surface area contributed by atoms with Crippen LogP contribution in [0, 0.1) is 0 Å². The Bertz CT molecular complexity index is 580. The van der Waals surface area contributed by atoms with Gasteiger partial charge >= 0.3 is 0 Å². The first-order valence-electron chi connectivity index (χ1n) is 6.43. The molecule has 3 nitrogen and oxygen atoms in total. The Morgan fingerprint density at radius 2 is 1.74 bits per heavy atom. The molecule has 19 heavy (non-hydrogen) atoms. The number of aryl methyl sites for hydroxylation is 1. The monoisotopic (exact) mass is 253 g/mol. The van der Waals surface area contributed by atoms with Crippen LogP contribution in [0.2, 0.25) is 0 Å². The van der Waals surface area contributed by atoms with Crippen molar-refractivity contribution in [2.75, 3.05) is 0 Å². The van der Waals surface area contributed by atoms with Gasteiger partial charge in [-0.25, -0.2) is 0 Å². The van der Waals surface area contributed by atoms with Crippen molar-refractivity contribution in [2.24, 2.45) is 0 Å². The van der Waals surface area contributed by atoms with Crippen molar-refractivity contribution in [3.05, 3.63) is 65.7 Å². The molecule has 1 aliphatic heterocycles. The van der Waals surface area contributed by atoms with Gasteiger partial charge in [-0.05, 0) is 24.1 Å². The summed E-state index contributed by atoms with van der Waals surface area (Å²) in [5.74, 6) is 0.615. The minimum Gasteiger partial charge on any atom is -0.470 e. The topological polar surface area (TPSA) is 38.3 Å². The zero-order valence-corrected chi connectivity index (χ0v) is 10.5. The molecule has 0 saturated heterocycles. The number of rotatable bonds is 3. The molecule has 0 spiro atoms. The third-order valence-corrected chi connectivity index (χ3v) is 3.23. The highest BCUT2D eigenvalue weighted by Gasteiger charge is 2.24. The van der Waals surface area contributed by atoms with Gasteiger partial charge in [0.05, 0.1) is 5.56 Å². The Kier molecular flexibility index (Phi) is 3.19. The number of para-hydroxylation sites is 1. The van der Waals surface area contributed by atoms with E-state index >= 15 is 0 Å². The predicted molar refractivity (Wildman–Crippen MR) is 73.1 cm³/mol. The highest BCUT2D eigenvalue weighted by Crippen LogP contribution is 2.23. The summed E-state index contributed by atoms with van der Waals surface area (Å²) in [4.78, 5) is 11.9. The molecule has 1 amide bonds. The molecule has 1 aliphatic rings. The predicted octanol–water partition coefficient (Wildman–Crippen LogP) is 2.77. The van der Waals surface area contributed by atoms with Crippen molar-refractivity contribution >= 4 is 5.91 Å². The second kappa shape index (κ2) is 5.14. The number of carbonyl (C=O) groups is 1. The Morgan fingerprint density at radius 3 is 2.58 bits per heavy atom. The van der Waals surface area contributed by atoms with E-state index in [1.165, 1.54) is 5.56 Å². The molecule has 0 aliphatic carbocycles. The molecule has 3 rings (SSSR count). The highest BCUT2D eigenvalue weighted by atomic mass is 16.5. The van der Waals surface area contributed by atoms with Crippen molar-refractivity contribution in [2.45, 2.75) is 19.1 Å². The van der Waals surface area contributed by atoms with Crippen LogP contribution in [0.25, 0.3) is 0 Å². The van der Waals surface area contributed by atoms with Gasteiger partial charge in [-0.2, -0.15) is 0 Å². The van der Waals surface area contributed by atoms with Crippen LogP contribution in [0.3, 0.4) is 0 Å². The zero-order valence-electron chi connectivity index (χ0n) is 10.5. The van der Waals surface area contributed by atoms with E-state index in [2.05, 4.69) is 17.4 Å². The van der Waals surface area contributed by atoms with Gasteiger partial charge in [0.15, 0.2) is 6.23 Å². The maximum atomic E-state index is 11.9. The molecule has 0 radical (unpaired) electrons. The minimum atomic E-state index is -0.248. The number of fused-ring (bicyclic) bond motifs is 1. The molecule has 1 unspecified atom stereocenters. The molecule has 3 heteroatoms. The van der Waals surface area contributed by atoms with E-state index in [0.29, 0.717) is 11.3 Å². The minimum absolute atomic E-state index is 0.0556. The Balaban J connectivity index is 1.67. The van der Waals surface area contributed by atoms with Gasteiger partial charge in [-0.15, -0.1) is 0 Å². The number of hydrogen-bond donors (Lipinski definition) is 1. The van der Waals surface area contributed by atoms with Gasteiger partial charge in [0.1, 0.15) is 5.75 Å². The number of ether oxygens (including phenoxy) is 1. The van der Waals surface area contributed by atoms with E-state index in [1.807, 2.05) is 36.4 Å². The SMILES string of the molecule is O=C1NC(CCc2ccccc2)Oc2ccccc21. The van der Waals surface area contributed by atoms with E-state index in [1.54, 1.807) is 6.07 Å². The van der Waals surface area contributed by atoms with Crippen LogP contribution < -0.4 is 10.1 Å². The van der Waals surface area contributed by atoms with E-state index in [0.717, 1.165) is 12.8 Å². The molecule has 0 aromatic heterocycles. The lowest BCUT2D eigenvalue weighted by Gasteiger charge is -2.26. The highest BCUT2D eigenvalue weighted by molar-refractivity contribution is 5.97. The fraction of sp³-hybridized carbons (Fsp3) is 0.188. The molecular formula is C16H15NO2. The molecule has 1 N–H and O–H groups in total. The first kappa shape index (κ1) is 11.8. The fourth-order valence-corrected chi connectivity index (χ4v) is 2.24. The Morgan fingerprint density at radius 1 is 1.00 bits per heavy atom. The Hall–Kier alpha value is -2.29. The molecule has 2 aromatic carbocycles. The van der Waals surface area contributed by atoms with Crippen molar-refractivity contribution in [3.63, 3.8) is 0 Å². The van der Waals surface area contributed by atoms with Crippen LogP contribution in [0.15, 0.2) is 54.6 Å². The summed E-state index contributed by atoms with van der Waals surface area (Å²) in [6.07, 6.45) is 1.40. The van der Waals surface area contributed by atoms with Crippen molar-refractivity contribution in [1.82, 2.24) is 5.32 Å². The molecule has 96 valence electrons. The Labute approximate surface area is 112 Å². The first-order chi connectivity index (χ1) is 9.33. The molecule has 1 atom stereocenters. The summed E-state index contributed by atoms with van der Waals surface area (Å²) in [6, 6.07) is 17.5. The number of hydrogen-bond acceptors (Lipinski definition) is 2. The maximum Gasteiger partial charge on any atom is 0.257 e. The maximum absolute atomic E-state index is 11.9. The van der Waals surface area contributed by atoms with Crippen LogP contribution >= 0.6 is 0 Å². The van der Waals surface area contributed by atoms with Crippen LogP contribution in [-0.4, -0.2) is 12.1 Å². The van der Waals surface area contributed by atoms with E-state index in [9.17, 15) is 4.79 Å². The van der Waals surface area contributed by atoms with Gasteiger partial charge in [0.25, 0.3) is 5.91 Å². The number of nitrogens with one attached hydrogen (secondary N) is 1. The summed E-state index contributed by atoms with van der Waals surface area (Å²) >= 11 is 0. The van der Waals surface area contributed by atoms with Gasteiger partial charge in [0, 0.05) is 6.42 Å². The molecule has 1 heterocycles. The normalized spacial score (nSPS) is 17.3. The quantitative estimate of drug-likeness (QED) is 0.913. The summed E-state index contributed by atoms with van der Waals surface area (Å²) in [7, 11) is 0. The summed E-state index contributed by atoms with van der Waals surface area (Å²) in [5, 5.41) is 2.88. The largest absolute Gasteiger partial charge is 0.470 e. The number of benzene rings is 2. The third-order valence-electron chi connectivity index (χ3n) is 3.23. The van der Waals surface area contributed by atoms with E-state index in [-0.39, 0.29) is 12.1 Å². The zero-order chi connectivity index (χ0) is 13.1. The number of carbonyl (C=O) groups excluding carboxylic acids is 1. The summed E-state index contributed by atoms with van der Waals surface area (Å²) < 4.78 is 5.79. The van der Waals surface area contributed by atoms with Crippen molar-refractivity contribution in [1.29, 1.82) is 0 Å². The lowest BCUT2D eigenvalue weighted by molar-refractivity contribution is 0.0741. The third kappa shape index (κ3) is 2.60. The lowest BCUT2D eigenvalue weighted by Crippen LogP contribution is -2.43. The second-order valence-electron chi connectivity index (χ2n) is 4.60. The average molecular weight is 253 g/mol. The van der Waals surface area contributed by atoms with Crippen LogP contribution in [-0.2, 0) is 6.42 Å². The molecule has 0 fully saturated rings. The first-order valence-corrected chi connectivity index (χ1v) is 6.43. The molecule has 0 bridgehead atoms. The van der Waals surface area contributed by atoms with Crippen molar-refractivity contribution in [3.8, 4) is 5.75 Å². The van der Waals surface area contributed by atoms with Gasteiger partial charge in [0.2, 0.25) is 0 Å². The lowest BCUT2D eigenvalue weighted by atomic mass is 10.1. The van der Waals surface area contributed by atoms with Gasteiger partial charge in [-0.1, -0.05) is 42.5 Å². The van der Waals surface area contributed by atoms with E-state index in [4.69, 9.17) is 4.74 Å². The molecular weight excluding hydrogens is 238 g/mol. The van der Waals surface area contributed by atoms with Gasteiger partial charge < -0.3 is 10.1 Å². The van der Waals surface area contributed by atoms with Crippen LogP contribution in [0.4, 0.5) is 0 Å². The standard InChI is InChI=1S/C16H15NO2/c18-16-13-8-4-5-9-14(13)19-15(17-16)11-10-12-6-2-1-3-7-12/h1-9,15H,10-11H2,(H,17,18). The summed E-state index contributed by atoms with van der Waals surface area (Å²) in [6.45, 7) is 0. The average Bonchev–Trinajstić information content (AvgIpc) is 2.46. The van der Waals surface area contributed by atoms with Crippen molar-refractivity contribution < 1.29 is 9.53 Å². The van der Waals surface area contributed by atoms with Gasteiger partial charge in [-0.3, -0.25) is 4.79 Å². The van der Waals surface area contributed by atoms with E-state index < -0.39 is 0 Å². The number of amides is 1. The smallest absolute Gasteiger partial charge is 0.257 e. The van der Waals surface area contributed by atoms with Crippen LogP contribution in [0.1, 0.15) is 22.3 Å². The second-order valence-corrected chi connectivity index (χ2v) is 4.60. The fourth-order valence-electron chi connectivity index (χ4n) is 2.24. The molecule has 0 saturated carbocycles.